The topological polar surface area (TPSA) is 72.2 Å². The van der Waals surface area contributed by atoms with E-state index >= 15 is 0 Å². The van der Waals surface area contributed by atoms with Gasteiger partial charge in [-0.25, -0.2) is 0 Å². The van der Waals surface area contributed by atoms with Gasteiger partial charge in [0.1, 0.15) is 0 Å². The van der Waals surface area contributed by atoms with E-state index in [1.807, 2.05) is 18.2 Å². The molecule has 2 unspecified atom stereocenters. The predicted octanol–water partition coefficient (Wildman–Crippen LogP) is 3.89. The van der Waals surface area contributed by atoms with Gasteiger partial charge in [0.25, 0.3) is 5.91 Å². The molecule has 0 saturated heterocycles. The predicted molar refractivity (Wildman–Crippen MR) is 104 cm³/mol. The Kier molecular flexibility index (Phi) is 3.76. The first-order chi connectivity index (χ1) is 12.5. The van der Waals surface area contributed by atoms with Crippen LogP contribution in [0.15, 0.2) is 29.6 Å². The first-order valence-electron chi connectivity index (χ1n) is 9.28. The van der Waals surface area contributed by atoms with Crippen molar-refractivity contribution < 1.29 is 9.59 Å². The number of thiophene rings is 2. The summed E-state index contributed by atoms with van der Waals surface area (Å²) in [7, 11) is 0. The third-order valence-electron chi connectivity index (χ3n) is 6.69. The molecule has 6 rings (SSSR count). The molecule has 4 aliphatic carbocycles. The van der Waals surface area contributed by atoms with Gasteiger partial charge in [-0.05, 0) is 73.4 Å². The second kappa shape index (κ2) is 5.92. The molecule has 26 heavy (non-hydrogen) atoms. The summed E-state index contributed by atoms with van der Waals surface area (Å²) in [6.07, 6.45) is 4.92. The highest BCUT2D eigenvalue weighted by molar-refractivity contribution is 7.22. The maximum Gasteiger partial charge on any atom is 0.261 e. The van der Waals surface area contributed by atoms with Crippen LogP contribution in [0, 0.1) is 23.2 Å². The lowest BCUT2D eigenvalue weighted by molar-refractivity contribution is -0.145. The van der Waals surface area contributed by atoms with E-state index in [9.17, 15) is 9.59 Å². The van der Waals surface area contributed by atoms with Crippen molar-refractivity contribution in [2.75, 3.05) is 0 Å². The van der Waals surface area contributed by atoms with Crippen LogP contribution in [0.3, 0.4) is 0 Å². The normalized spacial score (nSPS) is 34.8. The zero-order valence-electron chi connectivity index (χ0n) is 14.4. The Morgan fingerprint density at radius 3 is 2.50 bits per heavy atom. The summed E-state index contributed by atoms with van der Waals surface area (Å²) in [5.74, 6) is 1.31. The molecule has 4 aliphatic rings. The highest BCUT2D eigenvalue weighted by Gasteiger charge is 2.58. The Balaban J connectivity index is 1.33. The monoisotopic (exact) mass is 386 g/mol. The summed E-state index contributed by atoms with van der Waals surface area (Å²) >= 11 is 3.25. The minimum absolute atomic E-state index is 0.0309. The van der Waals surface area contributed by atoms with Gasteiger partial charge >= 0.3 is 0 Å². The lowest BCUT2D eigenvalue weighted by Gasteiger charge is -2.58. The van der Waals surface area contributed by atoms with E-state index in [4.69, 9.17) is 5.73 Å². The number of primary amides is 1. The molecule has 2 atom stereocenters. The summed E-state index contributed by atoms with van der Waals surface area (Å²) in [6.45, 7) is 0. The van der Waals surface area contributed by atoms with Gasteiger partial charge in [-0.15, -0.1) is 22.7 Å². The number of nitrogens with one attached hydrogen (secondary N) is 1. The van der Waals surface area contributed by atoms with Crippen LogP contribution in [-0.2, 0) is 4.79 Å². The quantitative estimate of drug-likeness (QED) is 0.837. The van der Waals surface area contributed by atoms with Crippen LogP contribution < -0.4 is 11.1 Å². The number of hydrogen-bond acceptors (Lipinski definition) is 4. The molecule has 4 saturated carbocycles. The largest absolute Gasteiger partial charge is 0.369 e. The van der Waals surface area contributed by atoms with E-state index in [0.717, 1.165) is 41.9 Å². The van der Waals surface area contributed by atoms with Crippen LogP contribution in [0.5, 0.6) is 0 Å². The summed E-state index contributed by atoms with van der Waals surface area (Å²) < 4.78 is 0. The fourth-order valence-electron chi connectivity index (χ4n) is 5.80. The minimum atomic E-state index is -0.299. The molecule has 2 aromatic heterocycles. The van der Waals surface area contributed by atoms with E-state index in [2.05, 4.69) is 16.8 Å². The number of amides is 2. The van der Waals surface area contributed by atoms with Gasteiger partial charge < -0.3 is 11.1 Å². The van der Waals surface area contributed by atoms with Crippen molar-refractivity contribution in [1.29, 1.82) is 0 Å². The maximum absolute atomic E-state index is 12.8. The van der Waals surface area contributed by atoms with E-state index in [1.165, 1.54) is 4.88 Å². The average Bonchev–Trinajstić information content (AvgIpc) is 3.28. The van der Waals surface area contributed by atoms with Crippen molar-refractivity contribution in [2.45, 2.75) is 38.1 Å². The number of carbonyl (C=O) groups excluding carboxylic acids is 2. The van der Waals surface area contributed by atoms with E-state index in [-0.39, 0.29) is 23.3 Å². The molecule has 2 heterocycles. The lowest BCUT2D eigenvalue weighted by atomic mass is 9.47. The molecule has 4 fully saturated rings. The molecule has 0 aromatic carbocycles. The third-order valence-corrected chi connectivity index (χ3v) is 8.84. The van der Waals surface area contributed by atoms with Crippen LogP contribution in [0.4, 0.5) is 0 Å². The van der Waals surface area contributed by atoms with Gasteiger partial charge in [-0.3, -0.25) is 9.59 Å². The van der Waals surface area contributed by atoms with Crippen molar-refractivity contribution in [3.8, 4) is 9.75 Å². The molecular formula is C20H22N2O2S2. The average molecular weight is 387 g/mol. The molecule has 0 aliphatic heterocycles. The molecule has 0 spiro atoms. The van der Waals surface area contributed by atoms with E-state index in [0.29, 0.717) is 17.8 Å². The van der Waals surface area contributed by atoms with Crippen LogP contribution in [0.25, 0.3) is 9.75 Å². The maximum atomic E-state index is 12.8. The smallest absolute Gasteiger partial charge is 0.261 e. The summed E-state index contributed by atoms with van der Waals surface area (Å²) in [5, 5.41) is 5.37. The minimum Gasteiger partial charge on any atom is -0.369 e. The fraction of sp³-hybridized carbons (Fsp3) is 0.500. The molecule has 3 N–H and O–H groups in total. The highest BCUT2D eigenvalue weighted by atomic mass is 32.1. The first-order valence-corrected chi connectivity index (χ1v) is 11.0. The van der Waals surface area contributed by atoms with Crippen LogP contribution in [0.2, 0.25) is 0 Å². The molecule has 4 bridgehead atoms. The highest BCUT2D eigenvalue weighted by Crippen LogP contribution is 2.59. The number of rotatable bonds is 4. The standard InChI is InChI=1S/C20H22N2O2S2/c21-19(24)20-8-11-6-12(9-20)17(13(7-11)10-20)22-18(23)16-4-3-15(26-16)14-2-1-5-25-14/h1-5,11-13,17H,6-10H2,(H2,21,24)(H,22,23)/t11?,12?,13?,17-,20-. The van der Waals surface area contributed by atoms with Crippen LogP contribution in [0.1, 0.15) is 41.8 Å². The number of hydrogen-bond donors (Lipinski definition) is 2. The van der Waals surface area contributed by atoms with E-state index < -0.39 is 0 Å². The van der Waals surface area contributed by atoms with Crippen LogP contribution in [-0.4, -0.2) is 17.9 Å². The molecule has 2 amide bonds. The summed E-state index contributed by atoms with van der Waals surface area (Å²) in [5.41, 5.74) is 5.46. The van der Waals surface area contributed by atoms with Crippen LogP contribution >= 0.6 is 22.7 Å². The number of nitrogens with two attached hydrogens (primary N) is 1. The molecule has 136 valence electrons. The molecular weight excluding hydrogens is 364 g/mol. The molecule has 2 aromatic rings. The number of carbonyl (C=O) groups is 2. The second-order valence-electron chi connectivity index (χ2n) is 8.25. The van der Waals surface area contributed by atoms with Gasteiger partial charge in [0.15, 0.2) is 0 Å². The van der Waals surface area contributed by atoms with E-state index in [1.54, 1.807) is 22.7 Å². The van der Waals surface area contributed by atoms with Gasteiger partial charge in [-0.1, -0.05) is 6.07 Å². The zero-order chi connectivity index (χ0) is 17.9. The van der Waals surface area contributed by atoms with Gasteiger partial charge in [0, 0.05) is 21.2 Å². The Morgan fingerprint density at radius 1 is 1.08 bits per heavy atom. The Hall–Kier alpha value is -1.66. The van der Waals surface area contributed by atoms with Crippen molar-refractivity contribution in [3.05, 3.63) is 34.5 Å². The molecule has 6 heteroatoms. The van der Waals surface area contributed by atoms with Gasteiger partial charge in [0.2, 0.25) is 5.91 Å². The molecule has 4 nitrogen and oxygen atoms in total. The second-order valence-corrected chi connectivity index (χ2v) is 10.3. The first kappa shape index (κ1) is 16.5. The summed E-state index contributed by atoms with van der Waals surface area (Å²) in [4.78, 5) is 28.0. The van der Waals surface area contributed by atoms with Gasteiger partial charge in [0.05, 0.1) is 4.88 Å². The Labute approximate surface area is 160 Å². The SMILES string of the molecule is NC(=O)[C@]12CC3CC(C1)[C@@H](NC(=O)c1ccc(-c4cccs4)s1)C(C3)C2. The molecule has 0 radical (unpaired) electrons. The third kappa shape index (κ3) is 2.54. The van der Waals surface area contributed by atoms with Crippen molar-refractivity contribution >= 4 is 34.5 Å². The van der Waals surface area contributed by atoms with Crippen molar-refractivity contribution in [1.82, 2.24) is 5.32 Å². The lowest BCUT2D eigenvalue weighted by Crippen LogP contribution is -2.62. The Morgan fingerprint density at radius 2 is 1.85 bits per heavy atom. The van der Waals surface area contributed by atoms with Crippen molar-refractivity contribution in [2.24, 2.45) is 28.9 Å². The van der Waals surface area contributed by atoms with Gasteiger partial charge in [-0.2, -0.15) is 0 Å². The fourth-order valence-corrected chi connectivity index (χ4v) is 7.54. The van der Waals surface area contributed by atoms with Crippen molar-refractivity contribution in [3.63, 3.8) is 0 Å². The summed E-state index contributed by atoms with van der Waals surface area (Å²) in [6, 6.07) is 8.27. The zero-order valence-corrected chi connectivity index (χ0v) is 16.1. The Bertz CT molecular complexity index is 841.